The maximum atomic E-state index is 13.1. The van der Waals surface area contributed by atoms with Crippen LogP contribution < -0.4 is 9.80 Å². The zero-order valence-corrected chi connectivity index (χ0v) is 14.4. The second-order valence-electron chi connectivity index (χ2n) is 7.13. The number of hydrogen-bond donors (Lipinski definition) is 1. The summed E-state index contributed by atoms with van der Waals surface area (Å²) in [6.07, 6.45) is 3.44. The highest BCUT2D eigenvalue weighted by Crippen LogP contribution is 2.40. The van der Waals surface area contributed by atoms with Crippen molar-refractivity contribution in [3.8, 4) is 0 Å². The largest absolute Gasteiger partial charge is 0.388 e. The van der Waals surface area contributed by atoms with E-state index in [-0.39, 0.29) is 18.6 Å². The van der Waals surface area contributed by atoms with Crippen LogP contribution in [-0.2, 0) is 4.74 Å². The van der Waals surface area contributed by atoms with Crippen molar-refractivity contribution in [2.45, 2.75) is 31.0 Å². The lowest BCUT2D eigenvalue weighted by Gasteiger charge is -2.37. The fourth-order valence-electron chi connectivity index (χ4n) is 3.82. The molecular weight excluding hydrogens is 334 g/mol. The number of aliphatic hydroxyl groups is 1. The van der Waals surface area contributed by atoms with Crippen molar-refractivity contribution >= 4 is 17.3 Å². The van der Waals surface area contributed by atoms with Crippen LogP contribution in [0.3, 0.4) is 0 Å². The zero-order valence-electron chi connectivity index (χ0n) is 14.4. The van der Waals surface area contributed by atoms with Gasteiger partial charge >= 0.3 is 0 Å². The molecule has 0 spiro atoms. The van der Waals surface area contributed by atoms with Crippen LogP contribution in [0.1, 0.15) is 29.4 Å². The Hall–Kier alpha value is -2.45. The Balaban J connectivity index is 1.42. The van der Waals surface area contributed by atoms with Gasteiger partial charge in [-0.15, -0.1) is 5.10 Å². The highest BCUT2D eigenvalue weighted by atomic mass is 16.5. The number of rotatable bonds is 3. The maximum absolute atomic E-state index is 13.1. The number of carbonyl (C=O) groups is 1. The van der Waals surface area contributed by atoms with Crippen LogP contribution in [0, 0.1) is 0 Å². The number of aliphatic hydroxyl groups excluding tert-OH is 1. The summed E-state index contributed by atoms with van der Waals surface area (Å²) in [6.45, 7) is 2.12. The molecule has 26 heavy (non-hydrogen) atoms. The topological polar surface area (TPSA) is 83.7 Å². The maximum Gasteiger partial charge on any atom is 0.280 e. The first kappa shape index (κ1) is 15.8. The average molecular weight is 355 g/mol. The Morgan fingerprint density at radius 1 is 1.15 bits per heavy atom. The third kappa shape index (κ3) is 2.57. The molecule has 0 radical (unpaired) electrons. The highest BCUT2D eigenvalue weighted by molar-refractivity contribution is 6.07. The fraction of sp³-hybridized carbons (Fsp3) is 0.500. The summed E-state index contributed by atoms with van der Waals surface area (Å²) in [4.78, 5) is 17.2. The van der Waals surface area contributed by atoms with Gasteiger partial charge < -0.3 is 19.6 Å². The number of benzene rings is 1. The van der Waals surface area contributed by atoms with Gasteiger partial charge in [0, 0.05) is 19.1 Å². The summed E-state index contributed by atoms with van der Waals surface area (Å²) in [5.41, 5.74) is 2.33. The molecule has 1 saturated heterocycles. The van der Waals surface area contributed by atoms with E-state index in [9.17, 15) is 9.90 Å². The van der Waals surface area contributed by atoms with Gasteiger partial charge in [-0.25, -0.2) is 4.68 Å². The van der Waals surface area contributed by atoms with Gasteiger partial charge in [-0.3, -0.25) is 4.79 Å². The van der Waals surface area contributed by atoms with E-state index in [1.807, 2.05) is 18.2 Å². The molecule has 1 aromatic heterocycles. The molecule has 2 aliphatic heterocycles. The van der Waals surface area contributed by atoms with Crippen LogP contribution in [0.5, 0.6) is 0 Å². The van der Waals surface area contributed by atoms with Crippen molar-refractivity contribution in [1.82, 2.24) is 15.0 Å². The molecule has 1 aromatic carbocycles. The van der Waals surface area contributed by atoms with Gasteiger partial charge in [0.05, 0.1) is 30.8 Å². The monoisotopic (exact) mass is 355 g/mol. The molecule has 1 amide bonds. The molecule has 3 aliphatic rings. The minimum atomic E-state index is -0.623. The number of aromatic nitrogens is 3. The van der Waals surface area contributed by atoms with Crippen molar-refractivity contribution in [1.29, 1.82) is 0 Å². The predicted octanol–water partition coefficient (Wildman–Crippen LogP) is 0.839. The predicted molar refractivity (Wildman–Crippen MR) is 94.4 cm³/mol. The summed E-state index contributed by atoms with van der Waals surface area (Å²) >= 11 is 0. The van der Waals surface area contributed by atoms with Gasteiger partial charge in [-0.2, -0.15) is 0 Å². The summed E-state index contributed by atoms with van der Waals surface area (Å²) < 4.78 is 6.80. The van der Waals surface area contributed by atoms with E-state index in [0.29, 0.717) is 24.9 Å². The molecule has 2 fully saturated rings. The molecule has 8 heteroatoms. The third-order valence-electron chi connectivity index (χ3n) is 5.37. The van der Waals surface area contributed by atoms with E-state index in [1.54, 1.807) is 11.1 Å². The number of carbonyl (C=O) groups excluding carboxylic acids is 1. The van der Waals surface area contributed by atoms with Gasteiger partial charge in [0.2, 0.25) is 0 Å². The second-order valence-corrected chi connectivity index (χ2v) is 7.13. The highest BCUT2D eigenvalue weighted by Gasteiger charge is 2.36. The fourth-order valence-corrected chi connectivity index (χ4v) is 3.82. The van der Waals surface area contributed by atoms with Crippen LogP contribution in [0.4, 0.5) is 11.4 Å². The molecule has 136 valence electrons. The van der Waals surface area contributed by atoms with E-state index in [1.165, 1.54) is 17.5 Å². The third-order valence-corrected chi connectivity index (χ3v) is 5.37. The standard InChI is InChI=1S/C18H21N5O3/c24-17-11-26-10-16(17)23-9-13(19-20-23)18(25)22-8-7-21(12-5-6-12)14-3-1-2-4-15(14)22/h1-4,9,12,16-17,24H,5-8,10-11H2/t16-,17-/m1/s1. The van der Waals surface area contributed by atoms with Crippen LogP contribution >= 0.6 is 0 Å². The molecule has 5 rings (SSSR count). The quantitative estimate of drug-likeness (QED) is 0.878. The van der Waals surface area contributed by atoms with Crippen LogP contribution in [0.15, 0.2) is 30.5 Å². The van der Waals surface area contributed by atoms with Crippen molar-refractivity contribution in [2.24, 2.45) is 0 Å². The smallest absolute Gasteiger partial charge is 0.280 e. The Morgan fingerprint density at radius 3 is 2.69 bits per heavy atom. The zero-order chi connectivity index (χ0) is 17.7. The molecule has 2 atom stereocenters. The minimum Gasteiger partial charge on any atom is -0.388 e. The summed E-state index contributed by atoms with van der Waals surface area (Å²) in [6, 6.07) is 8.36. The first-order valence-corrected chi connectivity index (χ1v) is 9.07. The van der Waals surface area contributed by atoms with Crippen LogP contribution in [0.25, 0.3) is 0 Å². The molecule has 2 aromatic rings. The number of hydrogen-bond acceptors (Lipinski definition) is 6. The molecular formula is C18H21N5O3. The normalized spacial score (nSPS) is 25.4. The van der Waals surface area contributed by atoms with Crippen molar-refractivity contribution in [2.75, 3.05) is 36.1 Å². The van der Waals surface area contributed by atoms with E-state index in [4.69, 9.17) is 4.74 Å². The van der Waals surface area contributed by atoms with Crippen molar-refractivity contribution in [3.05, 3.63) is 36.2 Å². The second kappa shape index (κ2) is 6.07. The lowest BCUT2D eigenvalue weighted by atomic mass is 10.1. The Labute approximate surface area is 151 Å². The lowest BCUT2D eigenvalue weighted by Crippen LogP contribution is -2.45. The molecule has 1 aliphatic carbocycles. The summed E-state index contributed by atoms with van der Waals surface area (Å²) in [7, 11) is 0. The summed E-state index contributed by atoms with van der Waals surface area (Å²) in [5, 5.41) is 18.0. The Bertz CT molecular complexity index is 834. The molecule has 0 unspecified atom stereocenters. The molecule has 1 saturated carbocycles. The average Bonchev–Trinajstić information content (AvgIpc) is 3.23. The van der Waals surface area contributed by atoms with Crippen LogP contribution in [-0.4, -0.2) is 64.5 Å². The van der Waals surface area contributed by atoms with Crippen molar-refractivity contribution in [3.63, 3.8) is 0 Å². The van der Waals surface area contributed by atoms with Gasteiger partial charge in [-0.1, -0.05) is 17.3 Å². The molecule has 3 heterocycles. The SMILES string of the molecule is O=C(c1cn([C@@H]2COC[C@H]2O)nn1)N1CCN(C2CC2)c2ccccc21. The number of anilines is 2. The molecule has 8 nitrogen and oxygen atoms in total. The van der Waals surface area contributed by atoms with Gasteiger partial charge in [0.15, 0.2) is 5.69 Å². The lowest BCUT2D eigenvalue weighted by molar-refractivity contribution is 0.0981. The van der Waals surface area contributed by atoms with E-state index in [2.05, 4.69) is 21.3 Å². The number of ether oxygens (including phenoxy) is 1. The first-order valence-electron chi connectivity index (χ1n) is 9.07. The molecule has 1 N–H and O–H groups in total. The molecule has 0 bridgehead atoms. The van der Waals surface area contributed by atoms with E-state index in [0.717, 1.165) is 17.9 Å². The minimum absolute atomic E-state index is 0.160. The Morgan fingerprint density at radius 2 is 1.96 bits per heavy atom. The summed E-state index contributed by atoms with van der Waals surface area (Å²) in [5.74, 6) is -0.160. The Kier molecular flexibility index (Phi) is 3.68. The first-order chi connectivity index (χ1) is 12.7. The number of fused-ring (bicyclic) bond motifs is 1. The van der Waals surface area contributed by atoms with Gasteiger partial charge in [0.25, 0.3) is 5.91 Å². The number of amides is 1. The van der Waals surface area contributed by atoms with Gasteiger partial charge in [-0.05, 0) is 25.0 Å². The number of nitrogens with zero attached hydrogens (tertiary/aromatic N) is 5. The van der Waals surface area contributed by atoms with Gasteiger partial charge in [0.1, 0.15) is 12.1 Å². The van der Waals surface area contributed by atoms with E-state index >= 15 is 0 Å². The van der Waals surface area contributed by atoms with E-state index < -0.39 is 6.10 Å². The van der Waals surface area contributed by atoms with Crippen LogP contribution in [0.2, 0.25) is 0 Å². The number of para-hydroxylation sites is 2. The van der Waals surface area contributed by atoms with Crippen molar-refractivity contribution < 1.29 is 14.6 Å².